The van der Waals surface area contributed by atoms with E-state index in [1.54, 1.807) is 6.08 Å². The number of hydrogen-bond donors (Lipinski definition) is 0. The Morgan fingerprint density at radius 3 is 2.00 bits per heavy atom. The molecule has 0 aliphatic heterocycles. The van der Waals surface area contributed by atoms with Crippen molar-refractivity contribution >= 4 is 21.9 Å². The molecule has 0 N–H and O–H groups in total. The zero-order valence-electron chi connectivity index (χ0n) is 21.7. The van der Waals surface area contributed by atoms with Gasteiger partial charge in [-0.25, -0.2) is 0 Å². The molecule has 0 heteroatoms. The predicted molar refractivity (Wildman–Crippen MR) is 167 cm³/mol. The van der Waals surface area contributed by atoms with E-state index < -0.39 is 0 Å². The maximum Gasteiger partial charge on any atom is -0.00933 e. The highest BCUT2D eigenvalue weighted by Crippen LogP contribution is 2.35. The Morgan fingerprint density at radius 2 is 1.32 bits per heavy atom. The summed E-state index contributed by atoms with van der Waals surface area (Å²) in [6.07, 6.45) is 14.5. The molecule has 0 fully saturated rings. The zero-order valence-corrected chi connectivity index (χ0v) is 21.7. The minimum atomic E-state index is 0.948. The summed E-state index contributed by atoms with van der Waals surface area (Å²) in [5.74, 6) is 0. The fourth-order valence-electron chi connectivity index (χ4n) is 4.95. The summed E-state index contributed by atoms with van der Waals surface area (Å²) in [7, 11) is 0. The molecule has 5 rings (SSSR count). The van der Waals surface area contributed by atoms with Crippen LogP contribution in [0.5, 0.6) is 0 Å². The molecule has 0 heterocycles. The van der Waals surface area contributed by atoms with Gasteiger partial charge in [-0.3, -0.25) is 0 Å². The van der Waals surface area contributed by atoms with Crippen molar-refractivity contribution in [2.24, 2.45) is 0 Å². The van der Waals surface area contributed by atoms with Gasteiger partial charge in [0.15, 0.2) is 0 Å². The van der Waals surface area contributed by atoms with Crippen LogP contribution in [0.25, 0.3) is 44.2 Å². The van der Waals surface area contributed by atoms with E-state index in [-0.39, 0.29) is 0 Å². The number of allylic oxidation sites excluding steroid dienone is 8. The third-order valence-corrected chi connectivity index (χ3v) is 6.92. The number of hydrogen-bond acceptors (Lipinski definition) is 0. The van der Waals surface area contributed by atoms with Crippen molar-refractivity contribution in [3.8, 4) is 22.3 Å². The van der Waals surface area contributed by atoms with Gasteiger partial charge in [0, 0.05) is 0 Å². The summed E-state index contributed by atoms with van der Waals surface area (Å²) >= 11 is 0. The topological polar surface area (TPSA) is 0 Å². The van der Waals surface area contributed by atoms with Crippen LogP contribution in [0.4, 0.5) is 0 Å². The van der Waals surface area contributed by atoms with Crippen LogP contribution >= 0.6 is 0 Å². The fraction of sp³-hybridized carbons (Fsp3) is 0.0526. The van der Waals surface area contributed by atoms with E-state index >= 15 is 0 Å². The Morgan fingerprint density at radius 1 is 0.658 bits per heavy atom. The Bertz CT molecular complexity index is 1610. The molecule has 1 aliphatic rings. The molecular weight excluding hydrogens is 456 g/mol. The first-order valence-corrected chi connectivity index (χ1v) is 13.1. The fourth-order valence-corrected chi connectivity index (χ4v) is 4.95. The van der Waals surface area contributed by atoms with Crippen molar-refractivity contribution in [1.29, 1.82) is 0 Å². The quantitative estimate of drug-likeness (QED) is 0.237. The zero-order chi connectivity index (χ0) is 26.2. The molecule has 0 saturated heterocycles. The Hall–Kier alpha value is -4.68. The summed E-state index contributed by atoms with van der Waals surface area (Å²) in [6, 6.07) is 39.0. The average molecular weight is 489 g/mol. The maximum atomic E-state index is 4.46. The molecule has 1 aliphatic carbocycles. The third kappa shape index (κ3) is 5.66. The van der Waals surface area contributed by atoms with E-state index in [0.29, 0.717) is 0 Å². The van der Waals surface area contributed by atoms with E-state index in [0.717, 1.165) is 24.0 Å². The molecule has 184 valence electrons. The van der Waals surface area contributed by atoms with E-state index in [1.807, 2.05) is 12.2 Å². The second kappa shape index (κ2) is 12.0. The second-order valence-electron chi connectivity index (χ2n) is 9.41. The van der Waals surface area contributed by atoms with E-state index in [9.17, 15) is 0 Å². The predicted octanol–water partition coefficient (Wildman–Crippen LogP) is 10.8. The Kier molecular flexibility index (Phi) is 7.92. The molecule has 0 saturated carbocycles. The van der Waals surface area contributed by atoms with Gasteiger partial charge in [0.25, 0.3) is 0 Å². The first-order chi connectivity index (χ1) is 18.7. The van der Waals surface area contributed by atoms with Crippen LogP contribution in [0.1, 0.15) is 24.0 Å². The van der Waals surface area contributed by atoms with Crippen molar-refractivity contribution in [2.45, 2.75) is 12.8 Å². The molecule has 0 spiro atoms. The first kappa shape index (κ1) is 25.0. The monoisotopic (exact) mass is 488 g/mol. The van der Waals surface area contributed by atoms with Gasteiger partial charge in [-0.1, -0.05) is 153 Å². The normalized spacial score (nSPS) is 12.7. The van der Waals surface area contributed by atoms with Crippen LogP contribution < -0.4 is 0 Å². The molecule has 38 heavy (non-hydrogen) atoms. The smallest absolute Gasteiger partial charge is 0.00933 e. The van der Waals surface area contributed by atoms with Crippen molar-refractivity contribution < 1.29 is 0 Å². The van der Waals surface area contributed by atoms with Gasteiger partial charge in [-0.15, -0.1) is 0 Å². The van der Waals surface area contributed by atoms with Crippen LogP contribution in [0.3, 0.4) is 0 Å². The van der Waals surface area contributed by atoms with Gasteiger partial charge in [-0.05, 0) is 74.2 Å². The van der Waals surface area contributed by atoms with Gasteiger partial charge in [-0.2, -0.15) is 0 Å². The van der Waals surface area contributed by atoms with E-state index in [4.69, 9.17) is 0 Å². The van der Waals surface area contributed by atoms with Crippen LogP contribution in [-0.4, -0.2) is 0 Å². The van der Waals surface area contributed by atoms with Crippen molar-refractivity contribution in [1.82, 2.24) is 0 Å². The van der Waals surface area contributed by atoms with E-state index in [1.165, 1.54) is 44.2 Å². The third-order valence-electron chi connectivity index (χ3n) is 6.92. The lowest BCUT2D eigenvalue weighted by Gasteiger charge is -2.14. The molecular formula is C38H32. The second-order valence-corrected chi connectivity index (χ2v) is 9.41. The number of fused-ring (bicyclic) bond motifs is 1. The average Bonchev–Trinajstić information content (AvgIpc) is 2.99. The summed E-state index contributed by atoms with van der Waals surface area (Å²) in [5, 5.41) is 2.39. The summed E-state index contributed by atoms with van der Waals surface area (Å²) in [5.41, 5.74) is 9.39. The molecule has 0 nitrogen and oxygen atoms in total. The highest BCUT2D eigenvalue weighted by atomic mass is 14.1. The standard InChI is InChI=1S/C38H32/c1-3-4-15-29(2)35-23-14-22-32(30-16-8-5-9-17-30)24-26-36(33-20-12-7-13-21-33)37-27-25-34(28-38(35)37)31-18-10-6-11-19-31/h3-12,14-20,22-28H,1-2,13,21H2/b15-4-,22-14?,23-14?,26-24?,32-22?,32-24?,35-23?,36-26?,37-36?,38-35?. The lowest BCUT2D eigenvalue weighted by atomic mass is 9.90. The van der Waals surface area contributed by atoms with Crippen molar-refractivity contribution in [2.75, 3.05) is 0 Å². The van der Waals surface area contributed by atoms with Crippen LogP contribution in [0.2, 0.25) is 0 Å². The van der Waals surface area contributed by atoms with Crippen LogP contribution in [0, 0.1) is 0 Å². The summed E-state index contributed by atoms with van der Waals surface area (Å²) in [6.45, 7) is 8.32. The minimum absolute atomic E-state index is 0.948. The maximum absolute atomic E-state index is 4.46. The lowest BCUT2D eigenvalue weighted by molar-refractivity contribution is 1.06. The Labute approximate surface area is 226 Å². The highest BCUT2D eigenvalue weighted by Gasteiger charge is 2.11. The first-order valence-electron chi connectivity index (χ1n) is 13.1. The van der Waals surface area contributed by atoms with Gasteiger partial charge < -0.3 is 0 Å². The Balaban J connectivity index is 1.89. The van der Waals surface area contributed by atoms with Crippen LogP contribution in [-0.2, 0) is 0 Å². The van der Waals surface area contributed by atoms with E-state index in [2.05, 4.69) is 141 Å². The van der Waals surface area contributed by atoms with Gasteiger partial charge in [0.05, 0.1) is 0 Å². The molecule has 0 amide bonds. The molecule has 0 radical (unpaired) electrons. The lowest BCUT2D eigenvalue weighted by Crippen LogP contribution is -1.91. The van der Waals surface area contributed by atoms with Crippen molar-refractivity contribution in [3.05, 3.63) is 170 Å². The number of rotatable bonds is 6. The summed E-state index contributed by atoms with van der Waals surface area (Å²) in [4.78, 5) is 0. The van der Waals surface area contributed by atoms with Gasteiger partial charge in [0.2, 0.25) is 0 Å². The molecule has 0 aromatic heterocycles. The molecule has 0 bridgehead atoms. The summed E-state index contributed by atoms with van der Waals surface area (Å²) < 4.78 is 0. The SMILES string of the molecule is C=C/C=C\C(=C)c1cccc(-c2ccccc2)ccc(C2=CC=CCC2)c2ccc(-c3ccccc3)cc12. The molecule has 0 unspecified atom stereocenters. The largest absolute Gasteiger partial charge is 0.0991 e. The highest BCUT2D eigenvalue weighted by molar-refractivity contribution is 6.02. The van der Waals surface area contributed by atoms with Crippen molar-refractivity contribution in [3.63, 3.8) is 0 Å². The molecule has 4 aromatic rings. The minimum Gasteiger partial charge on any atom is -0.0991 e. The van der Waals surface area contributed by atoms with Gasteiger partial charge in [0.1, 0.15) is 0 Å². The van der Waals surface area contributed by atoms with Gasteiger partial charge >= 0.3 is 0 Å². The van der Waals surface area contributed by atoms with Crippen LogP contribution in [0.15, 0.2) is 159 Å². The number of benzene rings is 3. The molecule has 0 atom stereocenters. The molecule has 4 aromatic carbocycles.